The molecule has 718 valence electrons. The predicted molar refractivity (Wildman–Crippen MR) is 463 cm³/mol. The van der Waals surface area contributed by atoms with Gasteiger partial charge >= 0.3 is 30.3 Å². The van der Waals surface area contributed by atoms with Gasteiger partial charge in [-0.05, 0) is 102 Å². The lowest BCUT2D eigenvalue weighted by Crippen LogP contribution is -2.37. The van der Waals surface area contributed by atoms with Crippen molar-refractivity contribution < 1.29 is 128 Å². The smallest absolute Gasteiger partial charge is 0.490 e. The number of halogens is 6. The summed E-state index contributed by atoms with van der Waals surface area (Å²) in [7, 11) is 0. The SMILES string of the molecule is CCN(CCOCc1cn(CCOCCOCCOCC(=O)O)nn1)c1ccc(C2=C([O-])C(=C3C=CC(=[N+](CCOCc4cn(CCCN5CCOCC5)nn4)CCOCc4cn(CCCN5CCOCC5)nn4)C=C3)C2=O)cc1.O=C(O)C(F)(F)F.O=C(O)C(F)(F)F.O=C1NCc2ccc(cc2)CNC(=O)c2cccc(n2)C(=O)NCc2ccc(cc2)CNC(=O)c2cccc1n2. The fourth-order valence-electron chi connectivity index (χ4n) is 13.4. The normalized spacial score (nSPS) is 15.2. The van der Waals surface area contributed by atoms with E-state index in [1.54, 1.807) is 41.1 Å². The molecule has 11 heterocycles. The van der Waals surface area contributed by atoms with E-state index in [0.29, 0.717) is 109 Å². The monoisotopic (exact) mass is 1870 g/mol. The number of amides is 4. The van der Waals surface area contributed by atoms with E-state index in [-0.39, 0.29) is 84.9 Å². The summed E-state index contributed by atoms with van der Waals surface area (Å²) in [5, 5.41) is 73.4. The number of anilines is 1. The number of aliphatic carboxylic acids is 3. The van der Waals surface area contributed by atoms with Crippen LogP contribution in [0.1, 0.15) is 107 Å². The van der Waals surface area contributed by atoms with Crippen molar-refractivity contribution in [3.05, 3.63) is 237 Å². The number of pyridine rings is 2. The van der Waals surface area contributed by atoms with E-state index in [1.165, 1.54) is 0 Å². The number of morpholine rings is 2. The van der Waals surface area contributed by atoms with E-state index in [2.05, 4.69) is 88.4 Å². The minimum atomic E-state index is -5.08. The van der Waals surface area contributed by atoms with Crippen LogP contribution in [-0.2, 0) is 123 Å². The second-order valence-electron chi connectivity index (χ2n) is 30.2. The number of Topliss-reactive ketones (excluding diaryl/α,β-unsaturated/α-hetero) is 1. The van der Waals surface area contributed by atoms with Crippen LogP contribution >= 0.6 is 0 Å². The largest absolute Gasteiger partial charge is 0.871 e. The van der Waals surface area contributed by atoms with Crippen LogP contribution in [0.2, 0.25) is 0 Å². The Labute approximate surface area is 765 Å². The van der Waals surface area contributed by atoms with Crippen molar-refractivity contribution in [3.8, 4) is 0 Å². The number of likely N-dealkylation sites (N-methyl/N-ethyl adjacent to an activating group) is 1. The van der Waals surface area contributed by atoms with E-state index in [0.717, 1.165) is 143 Å². The first kappa shape index (κ1) is 103. The predicted octanol–water partition coefficient (Wildman–Crippen LogP) is 4.82. The van der Waals surface area contributed by atoms with Crippen LogP contribution in [-0.4, -0.2) is 301 Å². The summed E-state index contributed by atoms with van der Waals surface area (Å²) in [6, 6.07) is 31.7. The average Bonchev–Trinajstić information content (AvgIpc) is 0.835. The number of carboxylic acid groups (broad SMARTS) is 3. The number of aromatic nitrogens is 11. The molecule has 2 aliphatic carbocycles. The van der Waals surface area contributed by atoms with Crippen LogP contribution in [0, 0.1) is 0 Å². The quantitative estimate of drug-likeness (QED) is 0.0119. The standard InChI is InChI=1S/C55H77N13O12.C30H26N6O4.2C2HF3O2/c1-2-64(21-29-77-42-48-39-68(61-58-48)24-32-75-33-34-76-35-36-80-43-51(69)70)49-9-5-44(6-10-49)52-54(71)53(55(52)72)45-7-11-50(12-8-45)65(22-30-78-40-46-37-66(59-56-46)15-3-13-62-17-25-73-26-18-62)23-31-79-41-47-38-67(60-57-47)16-4-14-63-19-27-74-28-20-63;37-27-23-3-1-4-24(35-23)28(38)32-16-20-9-13-22(14-10-20)18-34-30(40)26-6-2-5-25(36-26)29(39)33-17-21-11-7-19(8-12-21)15-31-27;2*3-2(4,5)1(6)7/h5-12,37-39H,2-4,13-36,40-43H2,1H3,(H-,69,70,71,72);1-14H,15-18H2,(H,31,37)(H,32,38)(H,33,39)(H,34,40);2*(H,6,7). The molecule has 134 heavy (non-hydrogen) atoms. The zero-order chi connectivity index (χ0) is 95.6. The van der Waals surface area contributed by atoms with Gasteiger partial charge in [-0.25, -0.2) is 33.6 Å². The number of aryl methyl sites for hydroxylation is 2. The molecular formula is C89H105F6N19O20. The van der Waals surface area contributed by atoms with Crippen molar-refractivity contribution in [1.82, 2.24) is 86.0 Å². The molecule has 6 aliphatic heterocycles. The van der Waals surface area contributed by atoms with Gasteiger partial charge in [0.25, 0.3) is 23.6 Å². The number of ketones is 1. The number of ether oxygens (including phenoxy) is 8. The molecule has 4 amide bonds. The molecule has 2 saturated heterocycles. The summed E-state index contributed by atoms with van der Waals surface area (Å²) in [5.74, 6) is -8.66. The Bertz CT molecular complexity index is 5000. The number of carboxylic acids is 3. The van der Waals surface area contributed by atoms with E-state index in [9.17, 15) is 60.2 Å². The number of rotatable bonds is 37. The molecule has 8 aromatic rings. The Balaban J connectivity index is 0.000000283. The maximum Gasteiger partial charge on any atom is 0.490 e. The zero-order valence-electron chi connectivity index (χ0n) is 73.4. The molecule has 5 aromatic heterocycles. The van der Waals surface area contributed by atoms with Gasteiger partial charge in [0.15, 0.2) is 24.6 Å². The number of nitrogens with one attached hydrogen (secondary N) is 4. The molecule has 7 N–H and O–H groups in total. The second kappa shape index (κ2) is 53.4. The third-order valence-corrected chi connectivity index (χ3v) is 20.5. The Morgan fingerprint density at radius 2 is 0.843 bits per heavy atom. The minimum absolute atomic E-state index is 0.137. The molecular weight excluding hydrogens is 1770 g/mol. The molecule has 0 radical (unpaired) electrons. The first-order chi connectivity index (χ1) is 64.6. The van der Waals surface area contributed by atoms with Crippen molar-refractivity contribution in [1.29, 1.82) is 0 Å². The number of hydrogen-bond donors (Lipinski definition) is 7. The van der Waals surface area contributed by atoms with Gasteiger partial charge in [0.1, 0.15) is 59.7 Å². The fourth-order valence-corrected chi connectivity index (χ4v) is 13.4. The summed E-state index contributed by atoms with van der Waals surface area (Å²) in [4.78, 5) is 108. The van der Waals surface area contributed by atoms with Gasteiger partial charge in [-0.15, -0.1) is 15.3 Å². The number of hydrogen-bond acceptors (Lipinski definition) is 28. The molecule has 45 heteroatoms. The average molecular weight is 1870 g/mol. The van der Waals surface area contributed by atoms with Crippen molar-refractivity contribution in [2.24, 2.45) is 0 Å². The molecule has 0 saturated carbocycles. The number of carbonyl (C=O) groups excluding carboxylic acids is 5. The molecule has 0 unspecified atom stereocenters. The van der Waals surface area contributed by atoms with Gasteiger partial charge in [-0.2, -0.15) is 26.3 Å². The molecule has 0 spiro atoms. The van der Waals surface area contributed by atoms with Crippen LogP contribution < -0.4 is 31.3 Å². The Kier molecular flexibility index (Phi) is 41.0. The van der Waals surface area contributed by atoms with Gasteiger partial charge in [-0.3, -0.25) is 43.1 Å². The minimum Gasteiger partial charge on any atom is -0.871 e. The highest BCUT2D eigenvalue weighted by Crippen LogP contribution is 2.38. The highest BCUT2D eigenvalue weighted by atomic mass is 19.4. The maximum absolute atomic E-state index is 13.7. The number of allylic oxidation sites excluding steroid dienone is 7. The van der Waals surface area contributed by atoms with Crippen LogP contribution in [0.4, 0.5) is 32.0 Å². The van der Waals surface area contributed by atoms with Crippen LogP contribution in [0.3, 0.4) is 0 Å². The summed E-state index contributed by atoms with van der Waals surface area (Å²) >= 11 is 0. The van der Waals surface area contributed by atoms with E-state index < -0.39 is 53.9 Å². The van der Waals surface area contributed by atoms with E-state index in [4.69, 9.17) is 62.8 Å². The number of carbonyl (C=O) groups is 8. The Hall–Kier alpha value is -13.3. The van der Waals surface area contributed by atoms with Crippen LogP contribution in [0.25, 0.3) is 5.57 Å². The molecule has 3 aromatic carbocycles. The molecule has 8 bridgehead atoms. The Morgan fingerprint density at radius 1 is 0.470 bits per heavy atom. The first-order valence-corrected chi connectivity index (χ1v) is 42.9. The first-order valence-electron chi connectivity index (χ1n) is 42.9. The molecule has 2 fully saturated rings. The molecule has 16 rings (SSSR count). The molecule has 0 atom stereocenters. The number of alkyl halides is 6. The summed E-state index contributed by atoms with van der Waals surface area (Å²) < 4.78 is 116. The van der Waals surface area contributed by atoms with Gasteiger partial charge in [-0.1, -0.05) is 94.2 Å². The third-order valence-electron chi connectivity index (χ3n) is 20.5. The second-order valence-corrected chi connectivity index (χ2v) is 30.2. The lowest BCUT2D eigenvalue weighted by Gasteiger charge is -2.32. The topological polar surface area (TPSA) is 473 Å². The van der Waals surface area contributed by atoms with E-state index in [1.807, 2.05) is 125 Å². The third kappa shape index (κ3) is 34.7. The zero-order valence-corrected chi connectivity index (χ0v) is 73.4. The number of nitrogens with zero attached hydrogens (tertiary/aromatic N) is 15. The van der Waals surface area contributed by atoms with Crippen molar-refractivity contribution >= 4 is 64.3 Å². The van der Waals surface area contributed by atoms with E-state index >= 15 is 0 Å². The van der Waals surface area contributed by atoms with Gasteiger partial charge < -0.3 is 84.5 Å². The van der Waals surface area contributed by atoms with Crippen molar-refractivity contribution in [3.63, 3.8) is 0 Å². The fraction of sp³-hybridized carbons (Fsp3) is 0.427. The maximum atomic E-state index is 13.7. The van der Waals surface area contributed by atoms with Crippen LogP contribution in [0.15, 0.2) is 169 Å². The van der Waals surface area contributed by atoms with Crippen molar-refractivity contribution in [2.75, 3.05) is 156 Å². The van der Waals surface area contributed by atoms with Crippen LogP contribution in [0.5, 0.6) is 0 Å². The van der Waals surface area contributed by atoms with Crippen molar-refractivity contribution in [2.45, 2.75) is 97.8 Å². The van der Waals surface area contributed by atoms with Gasteiger partial charge in [0, 0.05) is 121 Å². The van der Waals surface area contributed by atoms with Gasteiger partial charge in [0.2, 0.25) is 0 Å². The lowest BCUT2D eigenvalue weighted by molar-refractivity contribution is -0.532. The Morgan fingerprint density at radius 3 is 1.22 bits per heavy atom. The molecule has 39 nitrogen and oxygen atoms in total. The van der Waals surface area contributed by atoms with Gasteiger partial charge in [0.05, 0.1) is 111 Å². The summed E-state index contributed by atoms with van der Waals surface area (Å²) in [6.45, 7) is 20.2. The number of benzene rings is 3. The molecule has 8 aliphatic rings. The summed E-state index contributed by atoms with van der Waals surface area (Å²) in [6.07, 6.45) is 5.02. The lowest BCUT2D eigenvalue weighted by atomic mass is 9.80. The highest BCUT2D eigenvalue weighted by Gasteiger charge is 2.39. The summed E-state index contributed by atoms with van der Waals surface area (Å²) in [5.41, 5.74) is 9.56. The highest BCUT2D eigenvalue weighted by molar-refractivity contribution is 6.39.